The minimum Gasteiger partial charge on any atom is -0.484 e. The van der Waals surface area contributed by atoms with Crippen molar-refractivity contribution in [1.82, 2.24) is 34.6 Å². The topological polar surface area (TPSA) is 105 Å². The van der Waals surface area contributed by atoms with E-state index in [9.17, 15) is 4.79 Å². The Morgan fingerprint density at radius 2 is 1.69 bits per heavy atom. The smallest absolute Gasteiger partial charge is 0.320 e. The van der Waals surface area contributed by atoms with E-state index in [1.807, 2.05) is 41.2 Å². The Bertz CT molecular complexity index is 2070. The highest BCUT2D eigenvalue weighted by Gasteiger charge is 2.31. The zero-order valence-corrected chi connectivity index (χ0v) is 32.3. The molecule has 0 saturated carbocycles. The maximum Gasteiger partial charge on any atom is 0.320 e. The SMILES string of the molecule is C[C@H]1CCCCN1c1nnc2ccc(O[C@@H]3CC[C@H](NC(=O)Nc4cc(C(C)(C)C)nn4-c4cccc(CCN5CCCCC5)c4)c4ccccc43)cn12. The van der Waals surface area contributed by atoms with Gasteiger partial charge in [0.25, 0.3) is 0 Å². The van der Waals surface area contributed by atoms with Crippen LogP contribution in [0.3, 0.4) is 0 Å². The van der Waals surface area contributed by atoms with Gasteiger partial charge in [-0.05, 0) is 112 Å². The molecule has 2 fully saturated rings. The summed E-state index contributed by atoms with van der Waals surface area (Å²) in [7, 11) is 0. The monoisotopic (exact) mass is 729 g/mol. The molecular weight excluding hydrogens is 675 g/mol. The Kier molecular flexibility index (Phi) is 10.3. The van der Waals surface area contributed by atoms with Crippen LogP contribution in [0.2, 0.25) is 0 Å². The normalized spacial score (nSPS) is 20.8. The summed E-state index contributed by atoms with van der Waals surface area (Å²) >= 11 is 0. The lowest BCUT2D eigenvalue weighted by Crippen LogP contribution is -2.38. The van der Waals surface area contributed by atoms with Crippen molar-refractivity contribution in [3.63, 3.8) is 0 Å². The number of rotatable bonds is 9. The van der Waals surface area contributed by atoms with Crippen molar-refractivity contribution in [2.45, 2.75) is 109 Å². The summed E-state index contributed by atoms with van der Waals surface area (Å²) in [6.45, 7) is 13.1. The van der Waals surface area contributed by atoms with Crippen molar-refractivity contribution < 1.29 is 9.53 Å². The van der Waals surface area contributed by atoms with Gasteiger partial charge in [-0.2, -0.15) is 5.10 Å². The fourth-order valence-electron chi connectivity index (χ4n) is 8.37. The zero-order valence-electron chi connectivity index (χ0n) is 32.3. The van der Waals surface area contributed by atoms with Crippen LogP contribution in [0.4, 0.5) is 16.6 Å². The van der Waals surface area contributed by atoms with Crippen LogP contribution in [-0.2, 0) is 11.8 Å². The molecule has 5 heterocycles. The van der Waals surface area contributed by atoms with E-state index in [0.29, 0.717) is 11.9 Å². The van der Waals surface area contributed by atoms with Crippen molar-refractivity contribution >= 4 is 23.4 Å². The van der Waals surface area contributed by atoms with Gasteiger partial charge < -0.3 is 19.9 Å². The van der Waals surface area contributed by atoms with Crippen LogP contribution in [0.15, 0.2) is 72.9 Å². The number of ether oxygens (including phenoxy) is 1. The summed E-state index contributed by atoms with van der Waals surface area (Å²) in [5, 5.41) is 20.5. The number of carbonyl (C=O) groups is 1. The number of pyridine rings is 1. The molecule has 1 aliphatic carbocycles. The van der Waals surface area contributed by atoms with Gasteiger partial charge in [-0.15, -0.1) is 10.2 Å². The summed E-state index contributed by atoms with van der Waals surface area (Å²) in [6.07, 6.45) is 11.9. The number of benzene rings is 2. The second kappa shape index (κ2) is 15.5. The summed E-state index contributed by atoms with van der Waals surface area (Å²) in [6, 6.07) is 22.8. The molecule has 3 aliphatic rings. The molecule has 2 saturated heterocycles. The van der Waals surface area contributed by atoms with Gasteiger partial charge in [0.1, 0.15) is 17.7 Å². The first-order chi connectivity index (χ1) is 26.2. The highest BCUT2D eigenvalue weighted by molar-refractivity contribution is 5.89. The predicted molar refractivity (Wildman–Crippen MR) is 214 cm³/mol. The van der Waals surface area contributed by atoms with E-state index in [-0.39, 0.29) is 23.6 Å². The fraction of sp³-hybridized carbons (Fsp3) is 0.488. The molecule has 2 N–H and O–H groups in total. The molecule has 5 aromatic rings. The molecule has 11 nitrogen and oxygen atoms in total. The molecule has 284 valence electrons. The fourth-order valence-corrected chi connectivity index (χ4v) is 8.37. The van der Waals surface area contributed by atoms with Crippen molar-refractivity contribution in [1.29, 1.82) is 0 Å². The number of hydrogen-bond acceptors (Lipinski definition) is 7. The number of urea groups is 1. The lowest BCUT2D eigenvalue weighted by molar-refractivity contribution is 0.171. The van der Waals surface area contributed by atoms with Crippen LogP contribution >= 0.6 is 0 Å². The van der Waals surface area contributed by atoms with Crippen LogP contribution < -0.4 is 20.3 Å². The molecule has 11 heteroatoms. The first-order valence-electron chi connectivity index (χ1n) is 20.1. The number of nitrogens with one attached hydrogen (secondary N) is 2. The van der Waals surface area contributed by atoms with Crippen LogP contribution in [0.1, 0.15) is 114 Å². The van der Waals surface area contributed by atoms with Gasteiger partial charge >= 0.3 is 6.03 Å². The number of piperidine rings is 2. The van der Waals surface area contributed by atoms with Gasteiger partial charge in [-0.1, -0.05) is 63.6 Å². The van der Waals surface area contributed by atoms with E-state index in [1.165, 1.54) is 44.3 Å². The molecule has 0 radical (unpaired) electrons. The zero-order chi connectivity index (χ0) is 37.2. The third-order valence-electron chi connectivity index (χ3n) is 11.5. The van der Waals surface area contributed by atoms with Gasteiger partial charge in [0.15, 0.2) is 5.65 Å². The van der Waals surface area contributed by atoms with E-state index < -0.39 is 0 Å². The Hall–Kier alpha value is -4.90. The van der Waals surface area contributed by atoms with Crippen LogP contribution in [0.5, 0.6) is 5.75 Å². The Balaban J connectivity index is 0.974. The summed E-state index contributed by atoms with van der Waals surface area (Å²) < 4.78 is 10.6. The number of aromatic nitrogens is 5. The summed E-state index contributed by atoms with van der Waals surface area (Å²) in [5.41, 5.74) is 5.92. The molecule has 2 aromatic carbocycles. The number of likely N-dealkylation sites (tertiary alicyclic amines) is 1. The quantitative estimate of drug-likeness (QED) is 0.157. The summed E-state index contributed by atoms with van der Waals surface area (Å²) in [5.74, 6) is 2.30. The van der Waals surface area contributed by atoms with Crippen LogP contribution in [0.25, 0.3) is 11.3 Å². The largest absolute Gasteiger partial charge is 0.484 e. The average molecular weight is 730 g/mol. The highest BCUT2D eigenvalue weighted by atomic mass is 16.5. The first-order valence-corrected chi connectivity index (χ1v) is 20.1. The van der Waals surface area contributed by atoms with Gasteiger partial charge in [0, 0.05) is 30.6 Å². The number of fused-ring (bicyclic) bond motifs is 2. The number of carbonyl (C=O) groups excluding carboxylic acids is 1. The first kappa shape index (κ1) is 36.1. The van der Waals surface area contributed by atoms with Crippen LogP contribution in [-0.4, -0.2) is 67.5 Å². The van der Waals surface area contributed by atoms with Gasteiger partial charge in [-0.3, -0.25) is 9.72 Å². The number of anilines is 2. The Morgan fingerprint density at radius 3 is 2.50 bits per heavy atom. The standard InChI is InChI=1S/C43H55N9O2/c1-30-13-8-11-25-50(30)42-47-46-39-21-18-33(29-51(39)42)54-37-20-19-36(34-16-6-7-17-35(34)37)44-41(53)45-40-28-38(43(2,3)4)48-52(40)32-15-12-14-31(27-32)22-26-49-23-9-5-10-24-49/h6-7,12,14-18,21,27-30,36-37H,5,8-11,13,19-20,22-26H2,1-4H3,(H2,44,45,53)/t30-,36-,37+/m0/s1. The van der Waals surface area contributed by atoms with E-state index >= 15 is 0 Å². The maximum atomic E-state index is 13.8. The van der Waals surface area contributed by atoms with Gasteiger partial charge in [0.2, 0.25) is 5.95 Å². The lowest BCUT2D eigenvalue weighted by Gasteiger charge is -2.33. The predicted octanol–water partition coefficient (Wildman–Crippen LogP) is 8.40. The number of nitrogens with zero attached hydrogens (tertiary/aromatic N) is 7. The van der Waals surface area contributed by atoms with Crippen molar-refractivity contribution in [3.05, 3.63) is 95.3 Å². The maximum absolute atomic E-state index is 13.8. The highest BCUT2D eigenvalue weighted by Crippen LogP contribution is 2.39. The van der Waals surface area contributed by atoms with E-state index in [2.05, 4.69) is 99.1 Å². The molecule has 54 heavy (non-hydrogen) atoms. The molecule has 0 bridgehead atoms. The average Bonchev–Trinajstić information content (AvgIpc) is 3.80. The lowest BCUT2D eigenvalue weighted by atomic mass is 9.85. The molecule has 3 aromatic heterocycles. The van der Waals surface area contributed by atoms with Crippen molar-refractivity contribution in [2.75, 3.05) is 36.4 Å². The summed E-state index contributed by atoms with van der Waals surface area (Å²) in [4.78, 5) is 18.7. The second-order valence-electron chi connectivity index (χ2n) is 16.5. The number of hydrogen-bond donors (Lipinski definition) is 2. The molecule has 3 atom stereocenters. The third kappa shape index (κ3) is 7.83. The van der Waals surface area contributed by atoms with Crippen molar-refractivity contribution in [2.24, 2.45) is 0 Å². The Morgan fingerprint density at radius 1 is 0.870 bits per heavy atom. The van der Waals surface area contributed by atoms with E-state index in [0.717, 1.165) is 85.0 Å². The number of amides is 2. The van der Waals surface area contributed by atoms with Crippen molar-refractivity contribution in [3.8, 4) is 11.4 Å². The van der Waals surface area contributed by atoms with Gasteiger partial charge in [0.05, 0.1) is 23.6 Å². The minimum absolute atomic E-state index is 0.147. The van der Waals surface area contributed by atoms with Crippen LogP contribution in [0, 0.1) is 0 Å². The third-order valence-corrected chi connectivity index (χ3v) is 11.5. The second-order valence-corrected chi connectivity index (χ2v) is 16.5. The molecule has 8 rings (SSSR count). The van der Waals surface area contributed by atoms with E-state index in [1.54, 1.807) is 0 Å². The van der Waals surface area contributed by atoms with Gasteiger partial charge in [-0.25, -0.2) is 9.48 Å². The van der Waals surface area contributed by atoms with E-state index in [4.69, 9.17) is 9.84 Å². The Labute approximate surface area is 319 Å². The minimum atomic E-state index is -0.255. The molecule has 0 unspecified atom stereocenters. The molecular formula is C43H55N9O2. The molecule has 0 spiro atoms. The molecule has 2 aliphatic heterocycles. The molecule has 2 amide bonds.